The van der Waals surface area contributed by atoms with Gasteiger partial charge in [-0.3, -0.25) is 4.79 Å². The van der Waals surface area contributed by atoms with E-state index in [4.69, 9.17) is 4.74 Å². The number of nitrogens with one attached hydrogen (secondary N) is 1. The Hall–Kier alpha value is -3.16. The van der Waals surface area contributed by atoms with Gasteiger partial charge in [-0.15, -0.1) is 0 Å². The molecule has 0 aliphatic carbocycles. The van der Waals surface area contributed by atoms with Crippen LogP contribution in [0.5, 0.6) is 5.75 Å². The van der Waals surface area contributed by atoms with E-state index in [0.717, 1.165) is 24.8 Å². The lowest BCUT2D eigenvalue weighted by Crippen LogP contribution is -2.39. The van der Waals surface area contributed by atoms with Crippen LogP contribution in [0.4, 0.5) is 0 Å². The molecule has 1 saturated heterocycles. The minimum Gasteiger partial charge on any atom is -0.495 e. The molecule has 1 N–H and O–H groups in total. The first-order valence-electron chi connectivity index (χ1n) is 11.5. The van der Waals surface area contributed by atoms with E-state index in [2.05, 4.69) is 29.0 Å². The van der Waals surface area contributed by atoms with Gasteiger partial charge >= 0.3 is 0 Å². The molecule has 0 saturated carbocycles. The van der Waals surface area contributed by atoms with Gasteiger partial charge in [-0.1, -0.05) is 60.7 Å². The summed E-state index contributed by atoms with van der Waals surface area (Å²) in [5.74, 6) is 0.597. The number of hydrogen-bond donors (Lipinski definition) is 1. The van der Waals surface area contributed by atoms with Gasteiger partial charge in [0.2, 0.25) is 10.0 Å². The fraction of sp³-hybridized carbons (Fsp3) is 0.296. The average molecular weight is 479 g/mol. The summed E-state index contributed by atoms with van der Waals surface area (Å²) in [5, 5.41) is 0. The van der Waals surface area contributed by atoms with Gasteiger partial charge in [0.25, 0.3) is 5.91 Å². The summed E-state index contributed by atoms with van der Waals surface area (Å²) in [4.78, 5) is 15.0. The molecule has 1 aliphatic heterocycles. The van der Waals surface area contributed by atoms with Crippen LogP contribution in [-0.2, 0) is 23.0 Å². The van der Waals surface area contributed by atoms with Crippen LogP contribution >= 0.6 is 0 Å². The fourth-order valence-corrected chi connectivity index (χ4v) is 5.55. The quantitative estimate of drug-likeness (QED) is 0.525. The van der Waals surface area contributed by atoms with Crippen LogP contribution in [0.15, 0.2) is 83.8 Å². The lowest BCUT2D eigenvalue weighted by atomic mass is 9.90. The third-order valence-corrected chi connectivity index (χ3v) is 7.70. The van der Waals surface area contributed by atoms with E-state index in [1.165, 1.54) is 18.7 Å². The Bertz CT molecular complexity index is 1210. The maximum atomic E-state index is 13.2. The van der Waals surface area contributed by atoms with Gasteiger partial charge in [0.15, 0.2) is 0 Å². The highest BCUT2D eigenvalue weighted by Crippen LogP contribution is 2.27. The van der Waals surface area contributed by atoms with E-state index in [-0.39, 0.29) is 23.1 Å². The molecule has 0 spiro atoms. The summed E-state index contributed by atoms with van der Waals surface area (Å²) < 4.78 is 34.0. The number of likely N-dealkylation sites (tertiary alicyclic amines) is 1. The molecule has 0 atom stereocenters. The van der Waals surface area contributed by atoms with Gasteiger partial charge in [-0.2, -0.15) is 0 Å². The van der Waals surface area contributed by atoms with Crippen molar-refractivity contribution in [3.63, 3.8) is 0 Å². The number of methoxy groups -OCH3 is 1. The maximum absolute atomic E-state index is 13.2. The van der Waals surface area contributed by atoms with E-state index < -0.39 is 10.0 Å². The number of amides is 1. The van der Waals surface area contributed by atoms with Crippen molar-refractivity contribution in [2.45, 2.75) is 30.7 Å². The second-order valence-corrected chi connectivity index (χ2v) is 10.3. The Balaban J connectivity index is 1.44. The van der Waals surface area contributed by atoms with Crippen molar-refractivity contribution >= 4 is 15.9 Å². The van der Waals surface area contributed by atoms with Crippen molar-refractivity contribution in [2.24, 2.45) is 5.92 Å². The number of rotatable bonds is 8. The number of carbonyl (C=O) groups is 1. The molecule has 3 aromatic carbocycles. The highest BCUT2D eigenvalue weighted by atomic mass is 32.2. The van der Waals surface area contributed by atoms with Crippen molar-refractivity contribution in [1.29, 1.82) is 0 Å². The van der Waals surface area contributed by atoms with Crippen LogP contribution < -0.4 is 9.46 Å². The average Bonchev–Trinajstić information content (AvgIpc) is 2.88. The number of benzene rings is 3. The summed E-state index contributed by atoms with van der Waals surface area (Å²) in [5.41, 5.74) is 2.51. The Kier molecular flexibility index (Phi) is 7.65. The lowest BCUT2D eigenvalue weighted by Gasteiger charge is -2.32. The Morgan fingerprint density at radius 3 is 2.18 bits per heavy atom. The van der Waals surface area contributed by atoms with E-state index >= 15 is 0 Å². The van der Waals surface area contributed by atoms with E-state index in [9.17, 15) is 13.2 Å². The molecule has 0 bridgehead atoms. The molecular weight excluding hydrogens is 448 g/mol. The zero-order valence-electron chi connectivity index (χ0n) is 19.3. The van der Waals surface area contributed by atoms with E-state index in [1.807, 2.05) is 41.3 Å². The summed E-state index contributed by atoms with van der Waals surface area (Å²) in [6, 6.07) is 24.3. The molecule has 1 heterocycles. The monoisotopic (exact) mass is 478 g/mol. The normalized spacial score (nSPS) is 14.7. The molecule has 1 aliphatic rings. The largest absolute Gasteiger partial charge is 0.495 e. The number of hydrogen-bond acceptors (Lipinski definition) is 4. The summed E-state index contributed by atoms with van der Waals surface area (Å²) in [6.07, 6.45) is 2.88. The minimum absolute atomic E-state index is 0.0317. The molecule has 4 rings (SSSR count). The number of ether oxygens (including phenoxy) is 1. The predicted octanol–water partition coefficient (Wildman–Crippen LogP) is 4.27. The van der Waals surface area contributed by atoms with Gasteiger partial charge in [0, 0.05) is 25.2 Å². The van der Waals surface area contributed by atoms with Crippen molar-refractivity contribution in [3.8, 4) is 5.75 Å². The number of piperidine rings is 1. The van der Waals surface area contributed by atoms with Crippen LogP contribution in [-0.4, -0.2) is 39.4 Å². The highest BCUT2D eigenvalue weighted by Gasteiger charge is 2.26. The third-order valence-electron chi connectivity index (χ3n) is 6.28. The summed E-state index contributed by atoms with van der Waals surface area (Å²) in [7, 11) is -2.46. The summed E-state index contributed by atoms with van der Waals surface area (Å²) >= 11 is 0. The fourth-order valence-electron chi connectivity index (χ4n) is 4.34. The molecule has 0 aromatic heterocycles. The predicted molar refractivity (Wildman–Crippen MR) is 132 cm³/mol. The second kappa shape index (κ2) is 10.8. The SMILES string of the molecule is COc1ccc(C(=O)N2CCC(Cc3ccccc3)CC2)cc1S(=O)(=O)NCc1ccccc1. The van der Waals surface area contributed by atoms with Gasteiger partial charge in [0.05, 0.1) is 7.11 Å². The molecular formula is C27H30N2O4S. The minimum atomic E-state index is -3.88. The Morgan fingerprint density at radius 1 is 0.941 bits per heavy atom. The van der Waals surface area contributed by atoms with Crippen LogP contribution in [0, 0.1) is 5.92 Å². The van der Waals surface area contributed by atoms with Crippen LogP contribution in [0.1, 0.15) is 34.3 Å². The molecule has 1 amide bonds. The van der Waals surface area contributed by atoms with Crippen molar-refractivity contribution in [2.75, 3.05) is 20.2 Å². The van der Waals surface area contributed by atoms with E-state index in [1.54, 1.807) is 12.1 Å². The molecule has 178 valence electrons. The maximum Gasteiger partial charge on any atom is 0.253 e. The molecule has 34 heavy (non-hydrogen) atoms. The van der Waals surface area contributed by atoms with Gasteiger partial charge in [-0.05, 0) is 54.5 Å². The van der Waals surface area contributed by atoms with Crippen LogP contribution in [0.2, 0.25) is 0 Å². The molecule has 7 heteroatoms. The van der Waals surface area contributed by atoms with Crippen molar-refractivity contribution in [3.05, 3.63) is 95.6 Å². The summed E-state index contributed by atoms with van der Waals surface area (Å²) in [6.45, 7) is 1.48. The third kappa shape index (κ3) is 5.85. The number of nitrogens with zero attached hydrogens (tertiary/aromatic N) is 1. The first kappa shape index (κ1) is 24.0. The van der Waals surface area contributed by atoms with Crippen molar-refractivity contribution in [1.82, 2.24) is 9.62 Å². The van der Waals surface area contributed by atoms with Crippen LogP contribution in [0.3, 0.4) is 0 Å². The van der Waals surface area contributed by atoms with Crippen molar-refractivity contribution < 1.29 is 17.9 Å². The first-order chi connectivity index (χ1) is 16.5. The highest BCUT2D eigenvalue weighted by molar-refractivity contribution is 7.89. The number of carbonyl (C=O) groups excluding carboxylic acids is 1. The Labute approximate surface area is 201 Å². The molecule has 6 nitrogen and oxygen atoms in total. The first-order valence-corrected chi connectivity index (χ1v) is 13.0. The molecule has 0 unspecified atom stereocenters. The smallest absolute Gasteiger partial charge is 0.253 e. The topological polar surface area (TPSA) is 75.7 Å². The lowest BCUT2D eigenvalue weighted by molar-refractivity contribution is 0.0690. The molecule has 0 radical (unpaired) electrons. The molecule has 1 fully saturated rings. The van der Waals surface area contributed by atoms with Gasteiger partial charge in [0.1, 0.15) is 10.6 Å². The zero-order valence-corrected chi connectivity index (χ0v) is 20.1. The van der Waals surface area contributed by atoms with Gasteiger partial charge in [-0.25, -0.2) is 13.1 Å². The number of sulfonamides is 1. The second-order valence-electron chi connectivity index (χ2n) is 8.60. The van der Waals surface area contributed by atoms with Crippen LogP contribution in [0.25, 0.3) is 0 Å². The standard InChI is InChI=1S/C27H30N2O4S/c1-33-25-13-12-24(19-26(25)34(31,32)28-20-23-10-6-3-7-11-23)27(30)29-16-14-22(15-17-29)18-21-8-4-2-5-9-21/h2-13,19,22,28H,14-18,20H2,1H3. The van der Waals surface area contributed by atoms with E-state index in [0.29, 0.717) is 24.6 Å². The molecule has 3 aromatic rings. The van der Waals surface area contributed by atoms with Gasteiger partial charge < -0.3 is 9.64 Å². The Morgan fingerprint density at radius 2 is 1.56 bits per heavy atom. The zero-order chi connectivity index (χ0) is 24.0.